The molecule has 0 N–H and O–H groups in total. The van der Waals surface area contributed by atoms with E-state index in [1.165, 1.54) is 6.07 Å². The van der Waals surface area contributed by atoms with Gasteiger partial charge in [0.15, 0.2) is 6.61 Å². The van der Waals surface area contributed by atoms with Gasteiger partial charge in [-0.1, -0.05) is 12.1 Å². The van der Waals surface area contributed by atoms with Crippen molar-refractivity contribution in [3.63, 3.8) is 0 Å². The second-order valence-corrected chi connectivity index (χ2v) is 7.27. The second kappa shape index (κ2) is 8.93. The van der Waals surface area contributed by atoms with Crippen molar-refractivity contribution in [2.45, 2.75) is 25.3 Å². The molecule has 0 saturated carbocycles. The first-order valence-corrected chi connectivity index (χ1v) is 9.69. The highest BCUT2D eigenvalue weighted by atomic mass is 32.2. The summed E-state index contributed by atoms with van der Waals surface area (Å²) >= 11 is 1.04. The third kappa shape index (κ3) is 4.72. The highest BCUT2D eigenvalue weighted by Gasteiger charge is 2.18. The summed E-state index contributed by atoms with van der Waals surface area (Å²) < 4.78 is 26.0. The molecule has 0 aliphatic heterocycles. The van der Waals surface area contributed by atoms with Crippen LogP contribution in [-0.2, 0) is 16.1 Å². The van der Waals surface area contributed by atoms with Crippen molar-refractivity contribution in [2.24, 2.45) is 0 Å². The van der Waals surface area contributed by atoms with E-state index < -0.39 is 5.97 Å². The van der Waals surface area contributed by atoms with Gasteiger partial charge in [-0.25, -0.2) is 4.39 Å². The molecular weight excluding hydrogens is 381 g/mol. The number of esters is 1. The van der Waals surface area contributed by atoms with Crippen molar-refractivity contribution in [3.05, 3.63) is 77.3 Å². The van der Waals surface area contributed by atoms with Crippen molar-refractivity contribution in [1.29, 1.82) is 0 Å². The fourth-order valence-electron chi connectivity index (χ4n) is 2.85. The maximum Gasteiger partial charge on any atom is 0.316 e. The van der Waals surface area contributed by atoms with Crippen LogP contribution >= 0.6 is 11.8 Å². The zero-order valence-corrected chi connectivity index (χ0v) is 16.4. The van der Waals surface area contributed by atoms with Crippen LogP contribution in [0.1, 0.15) is 27.5 Å². The number of nitrogens with zero attached hydrogens (tertiary/aromatic N) is 1. The number of thioether (sulfide) groups is 1. The average molecular weight is 401 g/mol. The summed E-state index contributed by atoms with van der Waals surface area (Å²) in [7, 11) is 0. The normalized spacial score (nSPS) is 10.8. The van der Waals surface area contributed by atoms with Gasteiger partial charge < -0.3 is 13.7 Å². The predicted molar refractivity (Wildman–Crippen MR) is 104 cm³/mol. The van der Waals surface area contributed by atoms with E-state index in [1.807, 2.05) is 30.5 Å². The van der Waals surface area contributed by atoms with Crippen molar-refractivity contribution in [2.75, 3.05) is 12.4 Å². The van der Waals surface area contributed by atoms with Crippen LogP contribution in [-0.4, -0.2) is 28.7 Å². The van der Waals surface area contributed by atoms with E-state index in [1.54, 1.807) is 30.5 Å². The number of halogens is 1. The van der Waals surface area contributed by atoms with Gasteiger partial charge in [-0.15, -0.1) is 11.8 Å². The highest BCUT2D eigenvalue weighted by Crippen LogP contribution is 2.21. The van der Waals surface area contributed by atoms with Gasteiger partial charge in [0.05, 0.1) is 18.6 Å². The number of benzene rings is 1. The molecule has 0 spiro atoms. The van der Waals surface area contributed by atoms with Gasteiger partial charge in [0, 0.05) is 21.8 Å². The molecule has 0 bridgehead atoms. The lowest BCUT2D eigenvalue weighted by molar-refractivity contribution is -0.139. The van der Waals surface area contributed by atoms with Crippen LogP contribution in [0.4, 0.5) is 4.39 Å². The molecular formula is C21H20FNO4S. The molecule has 0 saturated heterocycles. The fraction of sp³-hybridized carbons (Fsp3) is 0.238. The van der Waals surface area contributed by atoms with Gasteiger partial charge in [0.25, 0.3) is 0 Å². The molecule has 28 heavy (non-hydrogen) atoms. The Kier molecular flexibility index (Phi) is 6.36. The second-order valence-electron chi connectivity index (χ2n) is 6.25. The minimum Gasteiger partial charge on any atom is -0.467 e. The van der Waals surface area contributed by atoms with Gasteiger partial charge in [0.1, 0.15) is 11.6 Å². The Labute approximate surface area is 166 Å². The lowest BCUT2D eigenvalue weighted by atomic mass is 10.1. The SMILES string of the molecule is Cc1cc(C(=O)COC(=O)CSc2ccccc2F)c(C)n1Cc1ccco1. The molecule has 0 aliphatic carbocycles. The quantitative estimate of drug-likeness (QED) is 0.318. The van der Waals surface area contributed by atoms with E-state index in [2.05, 4.69) is 0 Å². The molecule has 2 heterocycles. The summed E-state index contributed by atoms with van der Waals surface area (Å²) in [4.78, 5) is 24.8. The Morgan fingerprint density at radius 3 is 2.68 bits per heavy atom. The van der Waals surface area contributed by atoms with Crippen LogP contribution in [0, 0.1) is 19.7 Å². The first-order chi connectivity index (χ1) is 13.5. The summed E-state index contributed by atoms with van der Waals surface area (Å²) in [6, 6.07) is 11.7. The largest absolute Gasteiger partial charge is 0.467 e. The van der Waals surface area contributed by atoms with Crippen LogP contribution in [0.25, 0.3) is 0 Å². The topological polar surface area (TPSA) is 61.4 Å². The first-order valence-electron chi connectivity index (χ1n) is 8.71. The van der Waals surface area contributed by atoms with Crippen LogP contribution in [0.3, 0.4) is 0 Å². The minimum atomic E-state index is -0.564. The fourth-order valence-corrected chi connectivity index (χ4v) is 3.59. The van der Waals surface area contributed by atoms with Gasteiger partial charge in [-0.3, -0.25) is 9.59 Å². The Morgan fingerprint density at radius 2 is 1.96 bits per heavy atom. The number of aryl methyl sites for hydroxylation is 1. The number of ether oxygens (including phenoxy) is 1. The van der Waals surface area contributed by atoms with Crippen molar-refractivity contribution >= 4 is 23.5 Å². The summed E-state index contributed by atoms with van der Waals surface area (Å²) in [5.41, 5.74) is 2.22. The van der Waals surface area contributed by atoms with Crippen LogP contribution in [0.2, 0.25) is 0 Å². The number of carbonyl (C=O) groups is 2. The molecule has 146 valence electrons. The number of hydrogen-bond acceptors (Lipinski definition) is 5. The number of hydrogen-bond donors (Lipinski definition) is 0. The molecule has 0 fully saturated rings. The molecule has 7 heteroatoms. The van der Waals surface area contributed by atoms with E-state index >= 15 is 0 Å². The number of furan rings is 1. The third-order valence-corrected chi connectivity index (χ3v) is 5.34. The van der Waals surface area contributed by atoms with E-state index in [-0.39, 0.29) is 24.0 Å². The molecule has 5 nitrogen and oxygen atoms in total. The number of rotatable bonds is 8. The summed E-state index contributed by atoms with van der Waals surface area (Å²) in [6.45, 7) is 3.93. The highest BCUT2D eigenvalue weighted by molar-refractivity contribution is 8.00. The Hall–Kier alpha value is -2.80. The molecule has 0 unspecified atom stereocenters. The van der Waals surface area contributed by atoms with E-state index in [4.69, 9.17) is 9.15 Å². The maximum atomic E-state index is 13.6. The smallest absolute Gasteiger partial charge is 0.316 e. The molecule has 0 atom stereocenters. The zero-order valence-electron chi connectivity index (χ0n) is 15.6. The van der Waals surface area contributed by atoms with Crippen molar-refractivity contribution in [1.82, 2.24) is 4.57 Å². The molecule has 3 aromatic rings. The molecule has 0 aliphatic rings. The molecule has 2 aromatic heterocycles. The zero-order chi connectivity index (χ0) is 20.1. The van der Waals surface area contributed by atoms with Gasteiger partial charge >= 0.3 is 5.97 Å². The lowest BCUT2D eigenvalue weighted by Gasteiger charge is -2.08. The molecule has 3 rings (SSSR count). The van der Waals surface area contributed by atoms with E-state index in [9.17, 15) is 14.0 Å². The number of aromatic nitrogens is 1. The maximum absolute atomic E-state index is 13.6. The molecule has 1 aromatic carbocycles. The Balaban J connectivity index is 1.56. The number of carbonyl (C=O) groups excluding carboxylic acids is 2. The monoisotopic (exact) mass is 401 g/mol. The Morgan fingerprint density at radius 1 is 1.18 bits per heavy atom. The van der Waals surface area contributed by atoms with Crippen LogP contribution in [0.15, 0.2) is 58.0 Å². The van der Waals surface area contributed by atoms with E-state index in [0.717, 1.165) is 28.9 Å². The van der Waals surface area contributed by atoms with Crippen molar-refractivity contribution < 1.29 is 23.1 Å². The van der Waals surface area contributed by atoms with Crippen LogP contribution < -0.4 is 0 Å². The summed E-state index contributed by atoms with van der Waals surface area (Å²) in [5.74, 6) is -0.502. The number of ketones is 1. The van der Waals surface area contributed by atoms with Gasteiger partial charge in [0.2, 0.25) is 5.78 Å². The van der Waals surface area contributed by atoms with Crippen LogP contribution in [0.5, 0.6) is 0 Å². The standard InChI is InChI=1S/C21H20FNO4S/c1-14-10-17(15(2)23(14)11-16-6-5-9-26-16)19(24)12-27-21(25)13-28-20-8-4-3-7-18(20)22/h3-10H,11-13H2,1-2H3. The van der Waals surface area contributed by atoms with Gasteiger partial charge in [-0.2, -0.15) is 0 Å². The first kappa shape index (κ1) is 19.9. The molecule has 0 radical (unpaired) electrons. The minimum absolute atomic E-state index is 0.0638. The van der Waals surface area contributed by atoms with E-state index in [0.29, 0.717) is 17.0 Å². The lowest BCUT2D eigenvalue weighted by Crippen LogP contribution is -2.16. The Bertz CT molecular complexity index is 978. The third-order valence-electron chi connectivity index (χ3n) is 4.31. The predicted octanol–water partition coefficient (Wildman–Crippen LogP) is 4.40. The van der Waals surface area contributed by atoms with Crippen molar-refractivity contribution in [3.8, 4) is 0 Å². The summed E-state index contributed by atoms with van der Waals surface area (Å²) in [5, 5.41) is 0. The molecule has 0 amide bonds. The summed E-state index contributed by atoms with van der Waals surface area (Å²) in [6.07, 6.45) is 1.61. The van der Waals surface area contributed by atoms with Gasteiger partial charge in [-0.05, 0) is 44.2 Å². The number of Topliss-reactive ketones (excluding diaryl/α,β-unsaturated/α-hetero) is 1. The average Bonchev–Trinajstić information content (AvgIpc) is 3.29.